The minimum absolute atomic E-state index is 0.0889. The molecule has 1 saturated carbocycles. The van der Waals surface area contributed by atoms with Crippen LogP contribution in [0.15, 0.2) is 0 Å². The number of hydrogen-bond acceptors (Lipinski definition) is 4. The summed E-state index contributed by atoms with van der Waals surface area (Å²) in [5, 5.41) is 0. The quantitative estimate of drug-likeness (QED) is 0.740. The lowest BCUT2D eigenvalue weighted by atomic mass is 9.75. The molecule has 18 heavy (non-hydrogen) atoms. The fourth-order valence-corrected chi connectivity index (χ4v) is 3.74. The van der Waals surface area contributed by atoms with Gasteiger partial charge in [-0.25, -0.2) is 4.79 Å². The molecule has 0 bridgehead atoms. The van der Waals surface area contributed by atoms with Gasteiger partial charge in [0.2, 0.25) is 5.44 Å². The summed E-state index contributed by atoms with van der Waals surface area (Å²) in [6.45, 7) is 7.36. The first-order chi connectivity index (χ1) is 8.58. The Morgan fingerprint density at radius 3 is 2.78 bits per heavy atom. The predicted octanol–water partition coefficient (Wildman–Crippen LogP) is 3.08. The first kappa shape index (κ1) is 14.2. The second kappa shape index (κ2) is 6.29. The highest BCUT2D eigenvalue weighted by atomic mass is 32.2. The molecule has 1 heterocycles. The Labute approximate surface area is 114 Å². The fourth-order valence-electron chi connectivity index (χ4n) is 2.95. The molecule has 4 atom stereocenters. The molecule has 0 spiro atoms. The van der Waals surface area contributed by atoms with Crippen molar-refractivity contribution in [2.75, 3.05) is 12.4 Å². The van der Waals surface area contributed by atoms with Crippen molar-refractivity contribution in [1.82, 2.24) is 0 Å². The Morgan fingerprint density at radius 1 is 1.39 bits per heavy atom. The van der Waals surface area contributed by atoms with Crippen molar-refractivity contribution in [3.8, 4) is 0 Å². The van der Waals surface area contributed by atoms with E-state index in [2.05, 4.69) is 20.8 Å². The van der Waals surface area contributed by atoms with Crippen molar-refractivity contribution < 1.29 is 14.3 Å². The van der Waals surface area contributed by atoms with Crippen LogP contribution in [0.4, 0.5) is 0 Å². The maximum absolute atomic E-state index is 12.0. The van der Waals surface area contributed by atoms with Gasteiger partial charge in [-0.05, 0) is 30.6 Å². The summed E-state index contributed by atoms with van der Waals surface area (Å²) in [6, 6.07) is 0. The highest BCUT2D eigenvalue weighted by molar-refractivity contribution is 8.00. The molecule has 4 heteroatoms. The van der Waals surface area contributed by atoms with Crippen molar-refractivity contribution >= 4 is 17.7 Å². The number of rotatable bonds is 3. The summed E-state index contributed by atoms with van der Waals surface area (Å²) >= 11 is 1.55. The molecule has 2 aliphatic rings. The maximum Gasteiger partial charge on any atom is 0.346 e. The van der Waals surface area contributed by atoms with E-state index < -0.39 is 0 Å². The van der Waals surface area contributed by atoms with E-state index in [4.69, 9.17) is 9.47 Å². The van der Waals surface area contributed by atoms with Gasteiger partial charge in [-0.15, -0.1) is 11.8 Å². The number of ether oxygens (including phenoxy) is 2. The van der Waals surface area contributed by atoms with Gasteiger partial charge in [0.1, 0.15) is 6.10 Å². The predicted molar refractivity (Wildman–Crippen MR) is 73.4 cm³/mol. The van der Waals surface area contributed by atoms with Crippen LogP contribution in [0, 0.1) is 17.8 Å². The monoisotopic (exact) mass is 272 g/mol. The average Bonchev–Trinajstić information content (AvgIpc) is 2.81. The lowest BCUT2D eigenvalue weighted by Crippen LogP contribution is -2.37. The maximum atomic E-state index is 12.0. The van der Waals surface area contributed by atoms with E-state index in [0.29, 0.717) is 24.4 Å². The third-order valence-corrected chi connectivity index (χ3v) is 5.08. The van der Waals surface area contributed by atoms with E-state index in [1.807, 2.05) is 0 Å². The van der Waals surface area contributed by atoms with Crippen molar-refractivity contribution in [1.29, 1.82) is 0 Å². The summed E-state index contributed by atoms with van der Waals surface area (Å²) in [6.07, 6.45) is 3.53. The Bertz CT molecular complexity index is 287. The molecule has 3 nitrogen and oxygen atoms in total. The lowest BCUT2D eigenvalue weighted by Gasteiger charge is -2.37. The Morgan fingerprint density at radius 2 is 2.17 bits per heavy atom. The zero-order chi connectivity index (χ0) is 13.1. The number of thioether (sulfide) groups is 1. The van der Waals surface area contributed by atoms with Crippen molar-refractivity contribution in [3.63, 3.8) is 0 Å². The number of hydrogen-bond donors (Lipinski definition) is 0. The van der Waals surface area contributed by atoms with Gasteiger partial charge in [0, 0.05) is 5.75 Å². The summed E-state index contributed by atoms with van der Waals surface area (Å²) in [5.74, 6) is 2.48. The summed E-state index contributed by atoms with van der Waals surface area (Å²) in [7, 11) is 0. The van der Waals surface area contributed by atoms with Gasteiger partial charge in [-0.3, -0.25) is 0 Å². The van der Waals surface area contributed by atoms with Crippen LogP contribution < -0.4 is 0 Å². The summed E-state index contributed by atoms with van der Waals surface area (Å²) in [5.41, 5.74) is -0.380. The van der Waals surface area contributed by atoms with Crippen LogP contribution in [-0.2, 0) is 14.3 Å². The summed E-state index contributed by atoms with van der Waals surface area (Å²) < 4.78 is 11.1. The van der Waals surface area contributed by atoms with E-state index in [1.165, 1.54) is 12.8 Å². The molecule has 1 aliphatic carbocycles. The number of carbonyl (C=O) groups is 1. The third kappa shape index (κ3) is 3.41. The topological polar surface area (TPSA) is 35.5 Å². The molecule has 0 aromatic carbocycles. The molecule has 0 N–H and O–H groups in total. The van der Waals surface area contributed by atoms with Gasteiger partial charge in [0.05, 0.1) is 6.61 Å². The van der Waals surface area contributed by atoms with Crippen LogP contribution in [0.25, 0.3) is 0 Å². The van der Waals surface area contributed by atoms with E-state index in [-0.39, 0.29) is 17.5 Å². The lowest BCUT2D eigenvalue weighted by molar-refractivity contribution is -0.162. The normalized spacial score (nSPS) is 36.9. The van der Waals surface area contributed by atoms with Crippen LogP contribution in [0.2, 0.25) is 0 Å². The summed E-state index contributed by atoms with van der Waals surface area (Å²) in [4.78, 5) is 12.0. The van der Waals surface area contributed by atoms with Gasteiger partial charge < -0.3 is 9.47 Å². The minimum atomic E-state index is -0.380. The first-order valence-electron chi connectivity index (χ1n) is 7.01. The van der Waals surface area contributed by atoms with Gasteiger partial charge in [0.25, 0.3) is 0 Å². The first-order valence-corrected chi connectivity index (χ1v) is 8.06. The Kier molecular flexibility index (Phi) is 4.96. The molecule has 0 aromatic rings. The molecule has 2 rings (SSSR count). The molecule has 2 fully saturated rings. The highest BCUT2D eigenvalue weighted by Gasteiger charge is 2.36. The third-order valence-electron chi connectivity index (χ3n) is 4.04. The molecular formula is C14H24O3S. The molecule has 0 amide bonds. The van der Waals surface area contributed by atoms with Crippen LogP contribution in [-0.4, -0.2) is 29.9 Å². The van der Waals surface area contributed by atoms with Crippen molar-refractivity contribution in [3.05, 3.63) is 0 Å². The average molecular weight is 272 g/mol. The van der Waals surface area contributed by atoms with Crippen LogP contribution in [0.1, 0.15) is 40.0 Å². The van der Waals surface area contributed by atoms with Crippen LogP contribution >= 0.6 is 11.8 Å². The van der Waals surface area contributed by atoms with E-state index in [0.717, 1.165) is 12.2 Å². The van der Waals surface area contributed by atoms with E-state index in [1.54, 1.807) is 11.8 Å². The fraction of sp³-hybridized carbons (Fsp3) is 0.929. The zero-order valence-electron chi connectivity index (χ0n) is 11.6. The zero-order valence-corrected chi connectivity index (χ0v) is 12.4. The second-order valence-electron chi connectivity index (χ2n) is 5.87. The molecule has 0 aromatic heterocycles. The smallest absolute Gasteiger partial charge is 0.346 e. The highest BCUT2D eigenvalue weighted by Crippen LogP contribution is 2.36. The molecule has 104 valence electrons. The van der Waals surface area contributed by atoms with Crippen molar-refractivity contribution in [2.45, 2.75) is 51.6 Å². The second-order valence-corrected chi connectivity index (χ2v) is 7.04. The van der Waals surface area contributed by atoms with Crippen LogP contribution in [0.5, 0.6) is 0 Å². The van der Waals surface area contributed by atoms with E-state index in [9.17, 15) is 4.79 Å². The van der Waals surface area contributed by atoms with Crippen LogP contribution in [0.3, 0.4) is 0 Å². The standard InChI is InChI=1S/C14H24O3S/c1-9(2)11-5-4-10(3)8-12(11)17-13(15)14-16-6-7-18-14/h9-12,14H,4-8H2,1-3H3/t10-,11+,12-,14?/m1/s1. The molecule has 1 aliphatic heterocycles. The number of esters is 1. The van der Waals surface area contributed by atoms with Gasteiger partial charge in [0.15, 0.2) is 0 Å². The molecular weight excluding hydrogens is 248 g/mol. The SMILES string of the molecule is CC(C)[C@@H]1CC[C@@H](C)C[C@H]1OC(=O)C1OCCS1. The van der Waals surface area contributed by atoms with Gasteiger partial charge in [-0.2, -0.15) is 0 Å². The van der Waals surface area contributed by atoms with Gasteiger partial charge >= 0.3 is 5.97 Å². The Balaban J connectivity index is 1.93. The van der Waals surface area contributed by atoms with Gasteiger partial charge in [-0.1, -0.05) is 27.2 Å². The van der Waals surface area contributed by atoms with Crippen molar-refractivity contribution in [2.24, 2.45) is 17.8 Å². The largest absolute Gasteiger partial charge is 0.459 e. The van der Waals surface area contributed by atoms with E-state index >= 15 is 0 Å². The molecule has 1 saturated heterocycles. The number of carbonyl (C=O) groups excluding carboxylic acids is 1. The molecule has 0 radical (unpaired) electrons. The molecule has 1 unspecified atom stereocenters. The Hall–Kier alpha value is -0.220. The minimum Gasteiger partial charge on any atom is -0.459 e.